The van der Waals surface area contributed by atoms with Gasteiger partial charge in [0.05, 0.1) is 12.2 Å². The van der Waals surface area contributed by atoms with Crippen molar-refractivity contribution in [1.82, 2.24) is 10.2 Å². The second-order valence-corrected chi connectivity index (χ2v) is 6.10. The summed E-state index contributed by atoms with van der Waals surface area (Å²) in [6, 6.07) is 0. The summed E-state index contributed by atoms with van der Waals surface area (Å²) in [5.41, 5.74) is 0.562. The third-order valence-electron chi connectivity index (χ3n) is 4.15. The van der Waals surface area contributed by atoms with Gasteiger partial charge in [-0.1, -0.05) is 6.92 Å². The van der Waals surface area contributed by atoms with Crippen LogP contribution in [0.2, 0.25) is 0 Å². The molecule has 94 valence electrons. The van der Waals surface area contributed by atoms with Gasteiger partial charge in [-0.2, -0.15) is 0 Å². The Morgan fingerprint density at radius 1 is 1.38 bits per heavy atom. The van der Waals surface area contributed by atoms with Crippen molar-refractivity contribution in [2.45, 2.75) is 39.2 Å². The minimum Gasteiger partial charge on any atom is -0.373 e. The molecule has 0 aromatic carbocycles. The molecule has 3 nitrogen and oxygen atoms in total. The van der Waals surface area contributed by atoms with Crippen LogP contribution < -0.4 is 5.32 Å². The van der Waals surface area contributed by atoms with E-state index in [0.29, 0.717) is 5.41 Å². The number of hydrogen-bond acceptors (Lipinski definition) is 3. The summed E-state index contributed by atoms with van der Waals surface area (Å²) in [6.07, 6.45) is 2.62. The predicted molar refractivity (Wildman–Crippen MR) is 66.7 cm³/mol. The van der Waals surface area contributed by atoms with Gasteiger partial charge in [-0.05, 0) is 38.6 Å². The zero-order valence-corrected chi connectivity index (χ0v) is 11.0. The van der Waals surface area contributed by atoms with E-state index in [9.17, 15) is 0 Å². The molecule has 0 spiro atoms. The first kappa shape index (κ1) is 12.3. The average Bonchev–Trinajstić information content (AvgIpc) is 2.65. The molecule has 1 atom stereocenters. The molecule has 3 heteroatoms. The van der Waals surface area contributed by atoms with Crippen LogP contribution in [-0.2, 0) is 4.74 Å². The zero-order chi connectivity index (χ0) is 11.6. The molecule has 2 saturated heterocycles. The number of rotatable bonds is 3. The standard InChI is InChI=1S/C13H26N2O/c1-4-13(5-6-14-9-13)11-15-7-8-16-12(2,3)10-15/h14H,4-11H2,1-3H3. The SMILES string of the molecule is CCC1(CN2CCOC(C)(C)C2)CCNC1. The lowest BCUT2D eigenvalue weighted by Gasteiger charge is -2.42. The van der Waals surface area contributed by atoms with Gasteiger partial charge >= 0.3 is 0 Å². The topological polar surface area (TPSA) is 24.5 Å². The molecular formula is C13H26N2O. The van der Waals surface area contributed by atoms with E-state index < -0.39 is 0 Å². The molecule has 0 aromatic heterocycles. The Hall–Kier alpha value is -0.120. The van der Waals surface area contributed by atoms with E-state index in [1.54, 1.807) is 0 Å². The summed E-state index contributed by atoms with van der Waals surface area (Å²) in [5, 5.41) is 3.52. The molecule has 1 N–H and O–H groups in total. The molecule has 1 unspecified atom stereocenters. The number of hydrogen-bond donors (Lipinski definition) is 1. The van der Waals surface area contributed by atoms with Crippen molar-refractivity contribution >= 4 is 0 Å². The molecule has 2 fully saturated rings. The van der Waals surface area contributed by atoms with Gasteiger partial charge in [-0.15, -0.1) is 0 Å². The lowest BCUT2D eigenvalue weighted by Crippen LogP contribution is -2.51. The van der Waals surface area contributed by atoms with Gasteiger partial charge in [0.2, 0.25) is 0 Å². The van der Waals surface area contributed by atoms with Gasteiger partial charge < -0.3 is 10.1 Å². The van der Waals surface area contributed by atoms with Gasteiger partial charge in [-0.3, -0.25) is 4.90 Å². The average molecular weight is 226 g/mol. The maximum absolute atomic E-state index is 5.77. The minimum absolute atomic E-state index is 0.0409. The molecule has 0 amide bonds. The molecule has 0 saturated carbocycles. The molecule has 2 heterocycles. The Balaban J connectivity index is 1.93. The molecule has 0 aromatic rings. The Kier molecular flexibility index (Phi) is 3.57. The zero-order valence-electron chi connectivity index (χ0n) is 11.0. The smallest absolute Gasteiger partial charge is 0.0753 e. The molecule has 2 aliphatic rings. The Morgan fingerprint density at radius 2 is 2.19 bits per heavy atom. The Labute approximate surface area is 99.5 Å². The van der Waals surface area contributed by atoms with Crippen molar-refractivity contribution in [2.24, 2.45) is 5.41 Å². The van der Waals surface area contributed by atoms with Crippen LogP contribution >= 0.6 is 0 Å². The minimum atomic E-state index is 0.0409. The van der Waals surface area contributed by atoms with Gasteiger partial charge in [0, 0.05) is 26.2 Å². The van der Waals surface area contributed by atoms with Gasteiger partial charge in [0.15, 0.2) is 0 Å². The summed E-state index contributed by atoms with van der Waals surface area (Å²) < 4.78 is 5.77. The van der Waals surface area contributed by atoms with Crippen molar-refractivity contribution in [3.8, 4) is 0 Å². The van der Waals surface area contributed by atoms with Crippen molar-refractivity contribution in [3.05, 3.63) is 0 Å². The van der Waals surface area contributed by atoms with E-state index in [2.05, 4.69) is 31.0 Å². The lowest BCUT2D eigenvalue weighted by molar-refractivity contribution is -0.0936. The number of morpholine rings is 1. The summed E-state index contributed by atoms with van der Waals surface area (Å²) in [5.74, 6) is 0. The van der Waals surface area contributed by atoms with Gasteiger partial charge in [0.25, 0.3) is 0 Å². The summed E-state index contributed by atoms with van der Waals surface area (Å²) in [6.45, 7) is 13.4. The van der Waals surface area contributed by atoms with Crippen LogP contribution in [0.15, 0.2) is 0 Å². The molecule has 2 rings (SSSR count). The van der Waals surface area contributed by atoms with Gasteiger partial charge in [0.1, 0.15) is 0 Å². The summed E-state index contributed by atoms with van der Waals surface area (Å²) in [7, 11) is 0. The van der Waals surface area contributed by atoms with Crippen LogP contribution in [0.25, 0.3) is 0 Å². The van der Waals surface area contributed by atoms with E-state index in [1.165, 1.54) is 32.5 Å². The first-order valence-electron chi connectivity index (χ1n) is 6.62. The van der Waals surface area contributed by atoms with E-state index >= 15 is 0 Å². The molecule has 16 heavy (non-hydrogen) atoms. The Bertz CT molecular complexity index is 234. The highest BCUT2D eigenvalue weighted by molar-refractivity contribution is 4.91. The van der Waals surface area contributed by atoms with Crippen molar-refractivity contribution in [1.29, 1.82) is 0 Å². The predicted octanol–water partition coefficient (Wildman–Crippen LogP) is 1.49. The fraction of sp³-hybridized carbons (Fsp3) is 1.00. The molecular weight excluding hydrogens is 200 g/mol. The van der Waals surface area contributed by atoms with Crippen molar-refractivity contribution in [3.63, 3.8) is 0 Å². The molecule has 2 aliphatic heterocycles. The first-order chi connectivity index (χ1) is 7.55. The van der Waals surface area contributed by atoms with Crippen molar-refractivity contribution < 1.29 is 4.74 Å². The largest absolute Gasteiger partial charge is 0.373 e. The lowest BCUT2D eigenvalue weighted by atomic mass is 9.83. The highest BCUT2D eigenvalue weighted by Crippen LogP contribution is 2.31. The first-order valence-corrected chi connectivity index (χ1v) is 6.62. The third-order valence-corrected chi connectivity index (χ3v) is 4.15. The fourth-order valence-corrected chi connectivity index (χ4v) is 3.07. The summed E-state index contributed by atoms with van der Waals surface area (Å²) in [4.78, 5) is 2.60. The monoisotopic (exact) mass is 226 g/mol. The van der Waals surface area contributed by atoms with Crippen LogP contribution in [0.3, 0.4) is 0 Å². The highest BCUT2D eigenvalue weighted by atomic mass is 16.5. The van der Waals surface area contributed by atoms with E-state index in [4.69, 9.17) is 4.74 Å². The van der Waals surface area contributed by atoms with Crippen LogP contribution in [0.5, 0.6) is 0 Å². The maximum Gasteiger partial charge on any atom is 0.0753 e. The Morgan fingerprint density at radius 3 is 2.75 bits per heavy atom. The number of ether oxygens (including phenoxy) is 1. The van der Waals surface area contributed by atoms with E-state index in [-0.39, 0.29) is 5.60 Å². The second kappa shape index (κ2) is 4.63. The summed E-state index contributed by atoms with van der Waals surface area (Å²) >= 11 is 0. The van der Waals surface area contributed by atoms with Gasteiger partial charge in [-0.25, -0.2) is 0 Å². The molecule has 0 aliphatic carbocycles. The number of nitrogens with zero attached hydrogens (tertiary/aromatic N) is 1. The fourth-order valence-electron chi connectivity index (χ4n) is 3.07. The molecule has 0 radical (unpaired) electrons. The van der Waals surface area contributed by atoms with Crippen LogP contribution in [0, 0.1) is 5.41 Å². The normalized spacial score (nSPS) is 35.4. The van der Waals surface area contributed by atoms with Crippen LogP contribution in [0.1, 0.15) is 33.6 Å². The van der Waals surface area contributed by atoms with E-state index in [1.807, 2.05) is 0 Å². The highest BCUT2D eigenvalue weighted by Gasteiger charge is 2.36. The van der Waals surface area contributed by atoms with Crippen LogP contribution in [0.4, 0.5) is 0 Å². The maximum atomic E-state index is 5.77. The molecule has 0 bridgehead atoms. The second-order valence-electron chi connectivity index (χ2n) is 6.10. The van der Waals surface area contributed by atoms with E-state index in [0.717, 1.165) is 19.7 Å². The quantitative estimate of drug-likeness (QED) is 0.789. The van der Waals surface area contributed by atoms with Crippen molar-refractivity contribution in [2.75, 3.05) is 39.3 Å². The third kappa shape index (κ3) is 2.76. The number of nitrogens with one attached hydrogen (secondary N) is 1. The van der Waals surface area contributed by atoms with Crippen LogP contribution in [-0.4, -0.2) is 49.8 Å².